The van der Waals surface area contributed by atoms with Gasteiger partial charge in [-0.05, 0) is 27.7 Å². The SMILES string of the molecule is C=P(CS(C)(=O)=O)(OC(C)C)OC(C)C. The van der Waals surface area contributed by atoms with Gasteiger partial charge in [-0.3, -0.25) is 0 Å². The number of hydrogen-bond donors (Lipinski definition) is 0. The summed E-state index contributed by atoms with van der Waals surface area (Å²) in [6.07, 6.45) is 4.82. The van der Waals surface area contributed by atoms with Crippen LogP contribution in [0, 0.1) is 0 Å². The van der Waals surface area contributed by atoms with Gasteiger partial charge in [0.2, 0.25) is 0 Å². The lowest BCUT2D eigenvalue weighted by Crippen LogP contribution is -2.14. The molecule has 0 aliphatic heterocycles. The Balaban J connectivity index is 4.79. The molecule has 0 atom stereocenters. The number of sulfone groups is 1. The summed E-state index contributed by atoms with van der Waals surface area (Å²) in [5.74, 6) is 0. The second-order valence-corrected chi connectivity index (χ2v) is 9.11. The molecule has 0 N–H and O–H groups in total. The van der Waals surface area contributed by atoms with Crippen LogP contribution in [0.4, 0.5) is 0 Å². The second-order valence-electron chi connectivity index (χ2n) is 4.18. The second kappa shape index (κ2) is 5.48. The van der Waals surface area contributed by atoms with Crippen LogP contribution in [0.3, 0.4) is 0 Å². The average molecular weight is 256 g/mol. The van der Waals surface area contributed by atoms with Crippen molar-refractivity contribution in [3.8, 4) is 0 Å². The molecule has 0 aromatic carbocycles. The highest BCUT2D eigenvalue weighted by Gasteiger charge is 2.24. The molecule has 0 aliphatic carbocycles. The molecular formula is C9H21O4PS. The van der Waals surface area contributed by atoms with Gasteiger partial charge in [0, 0.05) is 6.26 Å². The Kier molecular flexibility index (Phi) is 5.55. The van der Waals surface area contributed by atoms with E-state index in [0.29, 0.717) is 0 Å². The molecule has 0 saturated carbocycles. The summed E-state index contributed by atoms with van der Waals surface area (Å²) >= 11 is 0. The van der Waals surface area contributed by atoms with Crippen molar-refractivity contribution < 1.29 is 17.5 Å². The molecule has 0 radical (unpaired) electrons. The maximum Gasteiger partial charge on any atom is 0.155 e. The summed E-state index contributed by atoms with van der Waals surface area (Å²) in [6.45, 7) is 7.36. The highest BCUT2D eigenvalue weighted by Crippen LogP contribution is 2.50. The molecule has 0 unspecified atom stereocenters. The van der Waals surface area contributed by atoms with Gasteiger partial charge in [0.15, 0.2) is 9.84 Å². The van der Waals surface area contributed by atoms with Crippen LogP contribution in [0.25, 0.3) is 0 Å². The molecule has 0 saturated heterocycles. The Labute approximate surface area is 93.0 Å². The largest absolute Gasteiger partial charge is 0.334 e. The molecular weight excluding hydrogens is 235 g/mol. The molecule has 0 aromatic heterocycles. The van der Waals surface area contributed by atoms with E-state index >= 15 is 0 Å². The van der Waals surface area contributed by atoms with Crippen LogP contribution in [-0.4, -0.2) is 38.7 Å². The summed E-state index contributed by atoms with van der Waals surface area (Å²) in [5.41, 5.74) is -0.129. The maximum atomic E-state index is 11.2. The Hall–Kier alpha value is 0.170. The fraction of sp³-hybridized carbons (Fsp3) is 0.889. The summed E-state index contributed by atoms with van der Waals surface area (Å²) in [5, 5.41) is 0. The van der Waals surface area contributed by atoms with Crippen LogP contribution in [0.15, 0.2) is 0 Å². The van der Waals surface area contributed by atoms with E-state index in [1.54, 1.807) is 0 Å². The van der Waals surface area contributed by atoms with E-state index in [9.17, 15) is 8.42 Å². The molecule has 0 bridgehead atoms. The maximum absolute atomic E-state index is 11.2. The zero-order chi connectivity index (χ0) is 12.3. The van der Waals surface area contributed by atoms with Crippen molar-refractivity contribution in [2.45, 2.75) is 39.9 Å². The van der Waals surface area contributed by atoms with Crippen molar-refractivity contribution in [3.05, 3.63) is 0 Å². The predicted octanol–water partition coefficient (Wildman–Crippen LogP) is 2.12. The van der Waals surface area contributed by atoms with E-state index < -0.39 is 17.2 Å². The van der Waals surface area contributed by atoms with Gasteiger partial charge in [0.05, 0.1) is 12.2 Å². The van der Waals surface area contributed by atoms with Gasteiger partial charge in [0.25, 0.3) is 0 Å². The molecule has 0 aromatic rings. The van der Waals surface area contributed by atoms with Gasteiger partial charge in [-0.15, -0.1) is 0 Å². The molecule has 0 heterocycles. The normalized spacial score (nSPS) is 13.8. The van der Waals surface area contributed by atoms with Gasteiger partial charge in [-0.25, -0.2) is 8.42 Å². The lowest BCUT2D eigenvalue weighted by atomic mass is 10.5. The van der Waals surface area contributed by atoms with Gasteiger partial charge in [0.1, 0.15) is 12.8 Å². The van der Waals surface area contributed by atoms with Gasteiger partial charge >= 0.3 is 0 Å². The molecule has 4 nitrogen and oxygen atoms in total. The minimum absolute atomic E-state index is 0.0867. The van der Waals surface area contributed by atoms with Crippen molar-refractivity contribution in [1.82, 2.24) is 0 Å². The van der Waals surface area contributed by atoms with Crippen LogP contribution in [0.1, 0.15) is 27.7 Å². The smallest absolute Gasteiger partial charge is 0.155 e. The first kappa shape index (κ1) is 15.2. The fourth-order valence-electron chi connectivity index (χ4n) is 1.21. The van der Waals surface area contributed by atoms with Crippen LogP contribution < -0.4 is 0 Å². The molecule has 6 heteroatoms. The first-order valence-electron chi connectivity index (χ1n) is 4.81. The minimum atomic E-state index is -3.14. The Morgan fingerprint density at radius 3 is 1.67 bits per heavy atom. The third-order valence-electron chi connectivity index (χ3n) is 1.24. The zero-order valence-electron chi connectivity index (χ0n) is 10.1. The van der Waals surface area contributed by atoms with Crippen molar-refractivity contribution in [1.29, 1.82) is 0 Å². The van der Waals surface area contributed by atoms with Gasteiger partial charge in [-0.2, -0.15) is 0 Å². The van der Waals surface area contributed by atoms with E-state index in [2.05, 4.69) is 6.30 Å². The molecule has 0 aliphatic rings. The summed E-state index contributed by atoms with van der Waals surface area (Å²) < 4.78 is 33.5. The van der Waals surface area contributed by atoms with Gasteiger partial charge in [-0.1, -0.05) is 6.30 Å². The third-order valence-corrected chi connectivity index (χ3v) is 6.30. The van der Waals surface area contributed by atoms with Crippen molar-refractivity contribution in [2.24, 2.45) is 0 Å². The predicted molar refractivity (Wildman–Crippen MR) is 66.2 cm³/mol. The lowest BCUT2D eigenvalue weighted by molar-refractivity contribution is 0.176. The van der Waals surface area contributed by atoms with E-state index in [-0.39, 0.29) is 17.7 Å². The molecule has 0 fully saturated rings. The third kappa shape index (κ3) is 8.03. The summed E-state index contributed by atoms with van der Waals surface area (Å²) in [6, 6.07) is 0. The van der Waals surface area contributed by atoms with Crippen LogP contribution in [-0.2, 0) is 18.9 Å². The molecule has 15 heavy (non-hydrogen) atoms. The topological polar surface area (TPSA) is 52.6 Å². The summed E-state index contributed by atoms with van der Waals surface area (Å²) in [4.78, 5) is 0. The highest BCUT2D eigenvalue weighted by molar-refractivity contribution is 7.98. The van der Waals surface area contributed by atoms with Crippen molar-refractivity contribution in [2.75, 3.05) is 11.7 Å². The first-order chi connectivity index (χ1) is 6.54. The zero-order valence-corrected chi connectivity index (χ0v) is 11.8. The van der Waals surface area contributed by atoms with Crippen LogP contribution in [0.2, 0.25) is 0 Å². The Morgan fingerprint density at radius 1 is 1.13 bits per heavy atom. The number of rotatable bonds is 6. The first-order valence-corrected chi connectivity index (χ1v) is 8.86. The van der Waals surface area contributed by atoms with Crippen LogP contribution >= 0.6 is 7.34 Å². The number of hydrogen-bond acceptors (Lipinski definition) is 4. The van der Waals surface area contributed by atoms with E-state index in [1.807, 2.05) is 27.7 Å². The molecule has 92 valence electrons. The highest BCUT2D eigenvalue weighted by atomic mass is 32.2. The Morgan fingerprint density at radius 2 is 1.47 bits per heavy atom. The Bertz CT molecular complexity index is 318. The molecule has 0 spiro atoms. The average Bonchev–Trinajstić information content (AvgIpc) is 1.73. The van der Waals surface area contributed by atoms with Crippen LogP contribution in [0.5, 0.6) is 0 Å². The standard InChI is InChI=1S/C9H21O4PS/c1-8(2)12-14(5,13-9(3)4)7-15(6,10)11/h8-9H,5,7H2,1-4,6H3. The van der Waals surface area contributed by atoms with Gasteiger partial charge < -0.3 is 9.05 Å². The van der Waals surface area contributed by atoms with Crippen molar-refractivity contribution >= 4 is 23.5 Å². The van der Waals surface area contributed by atoms with E-state index in [4.69, 9.17) is 9.05 Å². The quantitative estimate of drug-likeness (QED) is 0.683. The lowest BCUT2D eigenvalue weighted by Gasteiger charge is -2.27. The minimum Gasteiger partial charge on any atom is -0.334 e. The fourth-order valence-corrected chi connectivity index (χ4v) is 6.14. The van der Waals surface area contributed by atoms with E-state index in [0.717, 1.165) is 0 Å². The van der Waals surface area contributed by atoms with Crippen molar-refractivity contribution in [3.63, 3.8) is 0 Å². The van der Waals surface area contributed by atoms with E-state index in [1.165, 1.54) is 6.26 Å². The molecule has 0 rings (SSSR count). The summed E-state index contributed by atoms with van der Waals surface area (Å²) in [7, 11) is -5.68. The molecule has 0 amide bonds. The monoisotopic (exact) mass is 256 g/mol.